The Balaban J connectivity index is 1.67. The fraction of sp³-hybridized carbons (Fsp3) is 0.150. The molecule has 0 spiro atoms. The molecule has 0 saturated heterocycles. The first-order valence-electron chi connectivity index (χ1n) is 8.52. The van der Waals surface area contributed by atoms with E-state index in [0.717, 1.165) is 0 Å². The molecule has 2 aromatic heterocycles. The normalized spacial score (nSPS) is 15.5. The van der Waals surface area contributed by atoms with Crippen LogP contribution in [-0.4, -0.2) is 29.1 Å². The van der Waals surface area contributed by atoms with Gasteiger partial charge in [0.15, 0.2) is 5.69 Å². The van der Waals surface area contributed by atoms with Crippen molar-refractivity contribution >= 4 is 11.6 Å². The van der Waals surface area contributed by atoms with Gasteiger partial charge in [0.25, 0.3) is 5.91 Å². The van der Waals surface area contributed by atoms with E-state index in [1.165, 1.54) is 6.26 Å². The third-order valence-electron chi connectivity index (χ3n) is 3.89. The van der Waals surface area contributed by atoms with Crippen LogP contribution in [0.15, 0.2) is 65.4 Å². The van der Waals surface area contributed by atoms with Crippen molar-refractivity contribution in [3.05, 3.63) is 66.7 Å². The van der Waals surface area contributed by atoms with Gasteiger partial charge in [-0.15, -0.1) is 0 Å². The average molecular weight is 363 g/mol. The van der Waals surface area contributed by atoms with Crippen molar-refractivity contribution in [3.8, 4) is 23.1 Å². The largest absolute Gasteiger partial charge is 0.491 e. The molecule has 1 amide bonds. The number of para-hydroxylation sites is 2. The number of nitrogens with one attached hydrogen (secondary N) is 1. The molecule has 1 aliphatic rings. The van der Waals surface area contributed by atoms with Crippen molar-refractivity contribution < 1.29 is 18.7 Å². The highest BCUT2D eigenvalue weighted by Gasteiger charge is 2.16. The van der Waals surface area contributed by atoms with E-state index in [1.54, 1.807) is 24.4 Å². The minimum Gasteiger partial charge on any atom is -0.491 e. The summed E-state index contributed by atoms with van der Waals surface area (Å²) < 4.78 is 16.8. The van der Waals surface area contributed by atoms with Crippen LogP contribution in [0.1, 0.15) is 16.9 Å². The molecule has 0 saturated carbocycles. The van der Waals surface area contributed by atoms with Crippen LogP contribution < -0.4 is 14.8 Å². The second-order valence-corrected chi connectivity index (χ2v) is 5.79. The molecule has 136 valence electrons. The fourth-order valence-corrected chi connectivity index (χ4v) is 2.57. The number of carbonyl (C=O) groups excluding carboxylic acids is 1. The summed E-state index contributed by atoms with van der Waals surface area (Å²) in [5.41, 5.74) is 1.43. The van der Waals surface area contributed by atoms with Crippen molar-refractivity contribution in [3.63, 3.8) is 0 Å². The van der Waals surface area contributed by atoms with Crippen LogP contribution in [0.5, 0.6) is 11.6 Å². The molecule has 1 aromatic carbocycles. The van der Waals surface area contributed by atoms with Gasteiger partial charge < -0.3 is 19.2 Å². The van der Waals surface area contributed by atoms with E-state index in [2.05, 4.69) is 15.3 Å². The number of carbonyl (C=O) groups is 1. The Morgan fingerprint density at radius 2 is 2.00 bits per heavy atom. The molecule has 3 aromatic rings. The number of aromatic nitrogens is 2. The van der Waals surface area contributed by atoms with Gasteiger partial charge in [0.2, 0.25) is 11.8 Å². The molecular weight excluding hydrogens is 346 g/mol. The summed E-state index contributed by atoms with van der Waals surface area (Å²) in [4.78, 5) is 21.0. The number of ether oxygens (including phenoxy) is 2. The molecule has 0 atom stereocenters. The van der Waals surface area contributed by atoms with Gasteiger partial charge in [-0.3, -0.25) is 4.79 Å². The Morgan fingerprint density at radius 1 is 1.07 bits per heavy atom. The smallest absolute Gasteiger partial charge is 0.277 e. The Labute approximate surface area is 155 Å². The van der Waals surface area contributed by atoms with Gasteiger partial charge in [-0.2, -0.15) is 0 Å². The predicted molar refractivity (Wildman–Crippen MR) is 98.9 cm³/mol. The maximum atomic E-state index is 12.5. The van der Waals surface area contributed by atoms with Crippen molar-refractivity contribution in [1.82, 2.24) is 9.97 Å². The number of fused-ring (bicyclic) bond motifs is 6. The van der Waals surface area contributed by atoms with Gasteiger partial charge in [0.1, 0.15) is 18.6 Å². The maximum Gasteiger partial charge on any atom is 0.277 e. The molecule has 3 heterocycles. The first kappa shape index (κ1) is 16.8. The Bertz CT molecular complexity index is 981. The second kappa shape index (κ2) is 7.74. The van der Waals surface area contributed by atoms with Gasteiger partial charge in [-0.05, 0) is 24.6 Å². The molecule has 4 bridgehead atoms. The first-order chi connectivity index (χ1) is 13.3. The molecule has 0 fully saturated rings. The lowest BCUT2D eigenvalue weighted by atomic mass is 10.2. The van der Waals surface area contributed by atoms with E-state index in [9.17, 15) is 4.79 Å². The minimum absolute atomic E-state index is 0.171. The standard InChI is InChI=1S/C20H17N3O4/c24-19-16-13-27-20(23-16)14-8-9-21-18(12-14)26-11-5-1-4-10-25-17-7-3-2-6-15(17)22-19/h1-3,5-9,12-13H,4,10-11H2,(H,22,24)/b5-1-. The maximum absolute atomic E-state index is 12.5. The van der Waals surface area contributed by atoms with Gasteiger partial charge in [0, 0.05) is 17.8 Å². The molecule has 7 nitrogen and oxygen atoms in total. The molecule has 4 rings (SSSR count). The molecular formula is C20H17N3O4. The quantitative estimate of drug-likeness (QED) is 0.613. The van der Waals surface area contributed by atoms with Gasteiger partial charge in [-0.1, -0.05) is 24.3 Å². The Hall–Kier alpha value is -3.61. The van der Waals surface area contributed by atoms with Gasteiger partial charge in [-0.25, -0.2) is 9.97 Å². The topological polar surface area (TPSA) is 86.5 Å². The van der Waals surface area contributed by atoms with E-state index >= 15 is 0 Å². The highest BCUT2D eigenvalue weighted by atomic mass is 16.5. The third kappa shape index (κ3) is 3.98. The summed E-state index contributed by atoms with van der Waals surface area (Å²) in [6.45, 7) is 0.870. The number of anilines is 1. The third-order valence-corrected chi connectivity index (χ3v) is 3.89. The van der Waals surface area contributed by atoms with E-state index < -0.39 is 0 Å². The van der Waals surface area contributed by atoms with Crippen LogP contribution in [0.3, 0.4) is 0 Å². The van der Waals surface area contributed by atoms with Crippen LogP contribution in [-0.2, 0) is 0 Å². The number of hydrogen-bond donors (Lipinski definition) is 1. The van der Waals surface area contributed by atoms with Gasteiger partial charge in [0.05, 0.1) is 12.3 Å². The van der Waals surface area contributed by atoms with E-state index in [1.807, 2.05) is 30.4 Å². The highest BCUT2D eigenvalue weighted by Crippen LogP contribution is 2.26. The summed E-state index contributed by atoms with van der Waals surface area (Å²) in [5.74, 6) is 0.987. The highest BCUT2D eigenvalue weighted by molar-refractivity contribution is 6.03. The zero-order chi connectivity index (χ0) is 18.5. The van der Waals surface area contributed by atoms with Gasteiger partial charge >= 0.3 is 0 Å². The number of rotatable bonds is 0. The Morgan fingerprint density at radius 3 is 2.96 bits per heavy atom. The van der Waals surface area contributed by atoms with Crippen molar-refractivity contribution in [2.75, 3.05) is 18.5 Å². The molecule has 1 N–H and O–H groups in total. The van der Waals surface area contributed by atoms with Crippen LogP contribution in [0.4, 0.5) is 5.69 Å². The number of amides is 1. The summed E-state index contributed by atoms with van der Waals surface area (Å²) in [5, 5.41) is 2.81. The lowest BCUT2D eigenvalue weighted by molar-refractivity contribution is 0.102. The number of benzene rings is 1. The second-order valence-electron chi connectivity index (χ2n) is 5.79. The number of hydrogen-bond acceptors (Lipinski definition) is 6. The molecule has 0 unspecified atom stereocenters. The van der Waals surface area contributed by atoms with Crippen molar-refractivity contribution in [1.29, 1.82) is 0 Å². The molecule has 7 heteroatoms. The van der Waals surface area contributed by atoms with E-state index in [-0.39, 0.29) is 11.6 Å². The molecule has 0 radical (unpaired) electrons. The number of oxazole rings is 1. The molecule has 0 aliphatic carbocycles. The zero-order valence-corrected chi connectivity index (χ0v) is 14.4. The van der Waals surface area contributed by atoms with E-state index in [0.29, 0.717) is 48.4 Å². The molecule has 27 heavy (non-hydrogen) atoms. The predicted octanol–water partition coefficient (Wildman–Crippen LogP) is 3.71. The average Bonchev–Trinajstić information content (AvgIpc) is 3.18. The lowest BCUT2D eigenvalue weighted by Crippen LogP contribution is -2.13. The van der Waals surface area contributed by atoms with Crippen LogP contribution in [0.2, 0.25) is 0 Å². The Kier molecular flexibility index (Phi) is 4.82. The summed E-state index contributed by atoms with van der Waals surface area (Å²) in [6, 6.07) is 10.7. The van der Waals surface area contributed by atoms with Crippen LogP contribution in [0.25, 0.3) is 11.5 Å². The summed E-state index contributed by atoms with van der Waals surface area (Å²) >= 11 is 0. The SMILES string of the molecule is O=C1Nc2ccccc2OCC/C=C\COc2cc(ccn2)-c2nc1co2. The van der Waals surface area contributed by atoms with Crippen LogP contribution >= 0.6 is 0 Å². The summed E-state index contributed by atoms with van der Waals surface area (Å²) in [6.07, 6.45) is 7.53. The number of pyridine rings is 1. The van der Waals surface area contributed by atoms with Crippen molar-refractivity contribution in [2.24, 2.45) is 0 Å². The first-order valence-corrected chi connectivity index (χ1v) is 8.52. The lowest BCUT2D eigenvalue weighted by Gasteiger charge is -2.11. The summed E-state index contributed by atoms with van der Waals surface area (Å²) in [7, 11) is 0. The van der Waals surface area contributed by atoms with E-state index in [4.69, 9.17) is 13.9 Å². The minimum atomic E-state index is -0.379. The fourth-order valence-electron chi connectivity index (χ4n) is 2.57. The van der Waals surface area contributed by atoms with Crippen molar-refractivity contribution in [2.45, 2.75) is 6.42 Å². The monoisotopic (exact) mass is 363 g/mol. The molecule has 1 aliphatic heterocycles. The number of nitrogens with zero attached hydrogens (tertiary/aromatic N) is 2. The zero-order valence-electron chi connectivity index (χ0n) is 14.4. The van der Waals surface area contributed by atoms with Crippen LogP contribution in [0, 0.1) is 0 Å².